The fourth-order valence-electron chi connectivity index (χ4n) is 2.52. The lowest BCUT2D eigenvalue weighted by molar-refractivity contribution is 0.206. The maximum absolute atomic E-state index is 5.74. The second-order valence-electron chi connectivity index (χ2n) is 5.86. The van der Waals surface area contributed by atoms with Crippen LogP contribution in [-0.2, 0) is 0 Å². The van der Waals surface area contributed by atoms with E-state index >= 15 is 0 Å². The van der Waals surface area contributed by atoms with Crippen LogP contribution in [-0.4, -0.2) is 37.2 Å². The van der Waals surface area contributed by atoms with Gasteiger partial charge in [-0.15, -0.1) is 5.11 Å². The van der Waals surface area contributed by atoms with Crippen LogP contribution in [0.4, 0.5) is 22.7 Å². The van der Waals surface area contributed by atoms with Crippen LogP contribution in [0.1, 0.15) is 0 Å². The quantitative estimate of drug-likeness (QED) is 0.688. The van der Waals surface area contributed by atoms with E-state index in [9.17, 15) is 0 Å². The van der Waals surface area contributed by atoms with Gasteiger partial charge in [0.2, 0.25) is 6.29 Å². The standard InChI is InChI=1S/C18H22N6/c1-22-12-13-23(2)18(22)21-20-15-6-10-17(11-7-15)24(3)16-8-4-14(19)5-9-16/h4-13,18H,19H2,1-3H3. The van der Waals surface area contributed by atoms with Gasteiger partial charge in [0.25, 0.3) is 0 Å². The van der Waals surface area contributed by atoms with Crippen LogP contribution in [0.25, 0.3) is 0 Å². The molecule has 3 rings (SSSR count). The van der Waals surface area contributed by atoms with E-state index in [2.05, 4.69) is 15.1 Å². The van der Waals surface area contributed by atoms with Crippen LogP contribution >= 0.6 is 0 Å². The second kappa shape index (κ2) is 6.62. The van der Waals surface area contributed by atoms with Crippen molar-refractivity contribution in [1.82, 2.24) is 9.80 Å². The van der Waals surface area contributed by atoms with Crippen LogP contribution < -0.4 is 10.6 Å². The lowest BCUT2D eigenvalue weighted by atomic mass is 10.2. The average molecular weight is 322 g/mol. The Morgan fingerprint density at radius 2 is 1.38 bits per heavy atom. The van der Waals surface area contributed by atoms with Crippen molar-refractivity contribution in [2.45, 2.75) is 6.29 Å². The van der Waals surface area contributed by atoms with Gasteiger partial charge >= 0.3 is 0 Å². The highest BCUT2D eigenvalue weighted by Gasteiger charge is 2.19. The number of benzene rings is 2. The zero-order valence-corrected chi connectivity index (χ0v) is 14.2. The van der Waals surface area contributed by atoms with Crippen molar-refractivity contribution in [3.8, 4) is 0 Å². The fourth-order valence-corrected chi connectivity index (χ4v) is 2.52. The Morgan fingerprint density at radius 3 is 1.92 bits per heavy atom. The summed E-state index contributed by atoms with van der Waals surface area (Å²) in [5, 5.41) is 8.73. The van der Waals surface area contributed by atoms with Crippen molar-refractivity contribution >= 4 is 22.7 Å². The number of nitrogens with two attached hydrogens (primary N) is 1. The Kier molecular flexibility index (Phi) is 4.37. The van der Waals surface area contributed by atoms with Crippen LogP contribution in [0.15, 0.2) is 71.2 Å². The summed E-state index contributed by atoms with van der Waals surface area (Å²) in [5.74, 6) is 0. The number of hydrogen-bond acceptors (Lipinski definition) is 6. The summed E-state index contributed by atoms with van der Waals surface area (Å²) in [4.78, 5) is 6.11. The molecule has 2 aromatic carbocycles. The third kappa shape index (κ3) is 3.32. The zero-order chi connectivity index (χ0) is 17.1. The van der Waals surface area contributed by atoms with Gasteiger partial charge in [-0.2, -0.15) is 5.11 Å². The highest BCUT2D eigenvalue weighted by atomic mass is 15.5. The molecule has 0 spiro atoms. The predicted molar refractivity (Wildman–Crippen MR) is 98.3 cm³/mol. The van der Waals surface area contributed by atoms with Gasteiger partial charge < -0.3 is 20.4 Å². The minimum Gasteiger partial charge on any atom is -0.399 e. The molecule has 0 unspecified atom stereocenters. The van der Waals surface area contributed by atoms with Gasteiger partial charge in [-0.05, 0) is 48.5 Å². The molecule has 124 valence electrons. The summed E-state index contributed by atoms with van der Waals surface area (Å²) >= 11 is 0. The molecule has 1 heterocycles. The van der Waals surface area contributed by atoms with Gasteiger partial charge in [-0.1, -0.05) is 0 Å². The fraction of sp³-hybridized carbons (Fsp3) is 0.222. The number of nitrogens with zero attached hydrogens (tertiary/aromatic N) is 5. The molecule has 0 amide bonds. The minimum atomic E-state index is -0.0814. The van der Waals surface area contributed by atoms with Crippen molar-refractivity contribution in [2.75, 3.05) is 31.8 Å². The lowest BCUT2D eigenvalue weighted by Gasteiger charge is -2.22. The summed E-state index contributed by atoms with van der Waals surface area (Å²) in [6.45, 7) is 0. The highest BCUT2D eigenvalue weighted by molar-refractivity contribution is 5.65. The largest absolute Gasteiger partial charge is 0.399 e. The maximum atomic E-state index is 5.74. The van der Waals surface area contributed by atoms with E-state index in [1.54, 1.807) is 0 Å². The molecular weight excluding hydrogens is 300 g/mol. The molecule has 0 saturated heterocycles. The molecule has 0 bridgehead atoms. The van der Waals surface area contributed by atoms with Gasteiger partial charge in [0.05, 0.1) is 5.69 Å². The number of rotatable bonds is 4. The smallest absolute Gasteiger partial charge is 0.217 e. The normalized spacial score (nSPS) is 14.8. The Labute approximate surface area is 142 Å². The van der Waals surface area contributed by atoms with Crippen LogP contribution in [0.3, 0.4) is 0 Å². The summed E-state index contributed by atoms with van der Waals surface area (Å²) in [6, 6.07) is 15.8. The van der Waals surface area contributed by atoms with Crippen molar-refractivity contribution in [3.63, 3.8) is 0 Å². The first-order valence-corrected chi connectivity index (χ1v) is 7.77. The van der Waals surface area contributed by atoms with E-state index in [0.717, 1.165) is 22.7 Å². The van der Waals surface area contributed by atoms with E-state index < -0.39 is 0 Å². The molecule has 0 radical (unpaired) electrons. The first kappa shape index (κ1) is 15.9. The topological polar surface area (TPSA) is 60.5 Å². The molecule has 0 aliphatic carbocycles. The van der Waals surface area contributed by atoms with E-state index in [1.807, 2.05) is 91.9 Å². The molecule has 0 saturated carbocycles. The second-order valence-corrected chi connectivity index (χ2v) is 5.86. The molecule has 0 aromatic heterocycles. The lowest BCUT2D eigenvalue weighted by Crippen LogP contribution is -2.31. The molecule has 6 nitrogen and oxygen atoms in total. The molecule has 1 aliphatic heterocycles. The van der Waals surface area contributed by atoms with Crippen molar-refractivity contribution < 1.29 is 0 Å². The number of azo groups is 1. The van der Waals surface area contributed by atoms with E-state index in [4.69, 9.17) is 5.73 Å². The molecule has 0 fully saturated rings. The average Bonchev–Trinajstić information content (AvgIpc) is 2.92. The van der Waals surface area contributed by atoms with Gasteiger partial charge in [0, 0.05) is 50.6 Å². The predicted octanol–water partition coefficient (Wildman–Crippen LogP) is 3.75. The number of anilines is 3. The summed E-state index contributed by atoms with van der Waals surface area (Å²) in [6.07, 6.45) is 3.88. The third-order valence-corrected chi connectivity index (χ3v) is 4.06. The monoisotopic (exact) mass is 322 g/mol. The Hall–Kier alpha value is -3.02. The maximum Gasteiger partial charge on any atom is 0.217 e. The van der Waals surface area contributed by atoms with Crippen LogP contribution in [0, 0.1) is 0 Å². The molecular formula is C18H22N6. The molecule has 0 atom stereocenters. The Morgan fingerprint density at radius 1 is 0.875 bits per heavy atom. The summed E-state index contributed by atoms with van der Waals surface area (Å²) < 4.78 is 0. The summed E-state index contributed by atoms with van der Waals surface area (Å²) in [7, 11) is 5.99. The van der Waals surface area contributed by atoms with E-state index in [1.165, 1.54) is 0 Å². The first-order chi connectivity index (χ1) is 11.5. The van der Waals surface area contributed by atoms with Crippen LogP contribution in [0.5, 0.6) is 0 Å². The zero-order valence-electron chi connectivity index (χ0n) is 14.2. The molecule has 2 aromatic rings. The highest BCUT2D eigenvalue weighted by Crippen LogP contribution is 2.26. The number of hydrogen-bond donors (Lipinski definition) is 1. The first-order valence-electron chi connectivity index (χ1n) is 7.77. The van der Waals surface area contributed by atoms with E-state index in [0.29, 0.717) is 0 Å². The van der Waals surface area contributed by atoms with Gasteiger partial charge in [-0.3, -0.25) is 0 Å². The summed E-state index contributed by atoms with van der Waals surface area (Å²) in [5.41, 5.74) is 9.49. The Bertz CT molecular complexity index is 723. The van der Waals surface area contributed by atoms with Crippen molar-refractivity contribution in [3.05, 3.63) is 60.9 Å². The van der Waals surface area contributed by atoms with Crippen molar-refractivity contribution in [2.24, 2.45) is 10.2 Å². The molecule has 24 heavy (non-hydrogen) atoms. The number of nitrogen functional groups attached to an aromatic ring is 1. The van der Waals surface area contributed by atoms with Crippen LogP contribution in [0.2, 0.25) is 0 Å². The molecule has 2 N–H and O–H groups in total. The molecule has 1 aliphatic rings. The molecule has 6 heteroatoms. The third-order valence-electron chi connectivity index (χ3n) is 4.06. The van der Waals surface area contributed by atoms with Gasteiger partial charge in [-0.25, -0.2) is 0 Å². The van der Waals surface area contributed by atoms with E-state index in [-0.39, 0.29) is 6.29 Å². The van der Waals surface area contributed by atoms with Gasteiger partial charge in [0.1, 0.15) is 0 Å². The Balaban J connectivity index is 1.70. The van der Waals surface area contributed by atoms with Crippen molar-refractivity contribution in [1.29, 1.82) is 0 Å². The van der Waals surface area contributed by atoms with Gasteiger partial charge in [0.15, 0.2) is 0 Å². The minimum absolute atomic E-state index is 0.0814. The SMILES string of the molecule is CN(c1ccc(N)cc1)c1ccc(N=NC2N(C)C=CN2C)cc1.